The van der Waals surface area contributed by atoms with Gasteiger partial charge >= 0.3 is 0 Å². The van der Waals surface area contributed by atoms with Gasteiger partial charge in [-0.2, -0.15) is 0 Å². The van der Waals surface area contributed by atoms with Crippen molar-refractivity contribution >= 4 is 97.9 Å². The summed E-state index contributed by atoms with van der Waals surface area (Å²) in [4.78, 5) is 16.4. The van der Waals surface area contributed by atoms with Crippen LogP contribution in [0.25, 0.3) is 143 Å². The molecular formula is C63H37N5O. The second-order valence-electron chi connectivity index (χ2n) is 17.9. The van der Waals surface area contributed by atoms with Crippen LogP contribution in [0.3, 0.4) is 0 Å². The molecule has 15 aromatic rings. The summed E-state index contributed by atoms with van der Waals surface area (Å²) in [6.45, 7) is 0. The quantitative estimate of drug-likeness (QED) is 0.173. The van der Waals surface area contributed by atoms with Crippen molar-refractivity contribution in [1.29, 1.82) is 0 Å². The van der Waals surface area contributed by atoms with Crippen molar-refractivity contribution in [2.75, 3.05) is 0 Å². The van der Waals surface area contributed by atoms with Gasteiger partial charge in [0.15, 0.2) is 17.5 Å². The van der Waals surface area contributed by atoms with Crippen molar-refractivity contribution in [3.63, 3.8) is 0 Å². The molecule has 15 rings (SSSR count). The van der Waals surface area contributed by atoms with Crippen LogP contribution in [-0.2, 0) is 0 Å². The number of nitrogens with zero attached hydrogens (tertiary/aromatic N) is 5. The van der Waals surface area contributed by atoms with Gasteiger partial charge in [0.25, 0.3) is 0 Å². The first-order valence-corrected chi connectivity index (χ1v) is 23.3. The number of hydrogen-bond acceptors (Lipinski definition) is 4. The lowest BCUT2D eigenvalue weighted by Crippen LogP contribution is -2.03. The molecule has 0 radical (unpaired) electrons. The van der Waals surface area contributed by atoms with Crippen LogP contribution in [0.4, 0.5) is 0 Å². The fourth-order valence-corrected chi connectivity index (χ4v) is 11.0. The van der Waals surface area contributed by atoms with Gasteiger partial charge in [-0.05, 0) is 99.0 Å². The van der Waals surface area contributed by atoms with Gasteiger partial charge in [-0.25, -0.2) is 15.0 Å². The molecule has 0 bridgehead atoms. The molecule has 4 aromatic heterocycles. The summed E-state index contributed by atoms with van der Waals surface area (Å²) in [6, 6.07) is 79.7. The molecule has 0 unspecified atom stereocenters. The molecule has 6 heteroatoms. The van der Waals surface area contributed by atoms with Gasteiger partial charge in [-0.3, -0.25) is 0 Å². The Bertz CT molecular complexity index is 4520. The van der Waals surface area contributed by atoms with Gasteiger partial charge < -0.3 is 13.6 Å². The lowest BCUT2D eigenvalue weighted by Gasteiger charge is -2.14. The van der Waals surface area contributed by atoms with Gasteiger partial charge in [-0.1, -0.05) is 158 Å². The van der Waals surface area contributed by atoms with Crippen molar-refractivity contribution in [3.05, 3.63) is 224 Å². The monoisotopic (exact) mass is 879 g/mol. The summed E-state index contributed by atoms with van der Waals surface area (Å²) in [5, 5.41) is 13.6. The molecule has 0 aliphatic carbocycles. The third kappa shape index (κ3) is 5.63. The predicted molar refractivity (Wildman–Crippen MR) is 285 cm³/mol. The lowest BCUT2D eigenvalue weighted by molar-refractivity contribution is 0.669. The molecular weight excluding hydrogens is 843 g/mol. The first-order valence-electron chi connectivity index (χ1n) is 23.3. The molecule has 69 heavy (non-hydrogen) atoms. The third-order valence-corrected chi connectivity index (χ3v) is 14.1. The molecule has 11 aromatic carbocycles. The summed E-state index contributed by atoms with van der Waals surface area (Å²) in [5.74, 6) is 1.68. The number of para-hydroxylation sites is 4. The van der Waals surface area contributed by atoms with Gasteiger partial charge in [0.1, 0.15) is 11.2 Å². The molecule has 0 atom stereocenters. The second kappa shape index (κ2) is 14.6. The van der Waals surface area contributed by atoms with E-state index in [0.717, 1.165) is 88.0 Å². The SMILES string of the molecule is c1ccc(-n2c3ccccc3c3cccc(-c4nc(-c5cccc6ccccc56)nc(-c5ccc(-n6c7cc8ccccc8cc7c7cc8ccccc8cc76)c6c5oc5ccccc56)n4)c32)cc1. The van der Waals surface area contributed by atoms with Crippen molar-refractivity contribution in [1.82, 2.24) is 24.1 Å². The molecule has 320 valence electrons. The number of aromatic nitrogens is 5. The molecule has 4 heterocycles. The highest BCUT2D eigenvalue weighted by atomic mass is 16.3. The summed E-state index contributed by atoms with van der Waals surface area (Å²) >= 11 is 0. The Labute approximate surface area is 394 Å². The van der Waals surface area contributed by atoms with Crippen LogP contribution in [0.15, 0.2) is 229 Å². The Balaban J connectivity index is 1.05. The molecule has 0 saturated heterocycles. The van der Waals surface area contributed by atoms with Crippen molar-refractivity contribution in [2.45, 2.75) is 0 Å². The molecule has 0 saturated carbocycles. The first-order chi connectivity index (χ1) is 34.2. The maximum atomic E-state index is 7.07. The van der Waals surface area contributed by atoms with Crippen molar-refractivity contribution < 1.29 is 4.42 Å². The van der Waals surface area contributed by atoms with E-state index in [4.69, 9.17) is 19.4 Å². The maximum Gasteiger partial charge on any atom is 0.167 e. The van der Waals surface area contributed by atoms with E-state index in [-0.39, 0.29) is 0 Å². The van der Waals surface area contributed by atoms with Crippen LogP contribution < -0.4 is 0 Å². The fraction of sp³-hybridized carbons (Fsp3) is 0. The number of hydrogen-bond donors (Lipinski definition) is 0. The predicted octanol–water partition coefficient (Wildman–Crippen LogP) is 16.4. The molecule has 0 aliphatic rings. The van der Waals surface area contributed by atoms with E-state index < -0.39 is 0 Å². The molecule has 6 nitrogen and oxygen atoms in total. The van der Waals surface area contributed by atoms with Crippen LogP contribution in [0, 0.1) is 0 Å². The molecule has 0 amide bonds. The zero-order valence-corrected chi connectivity index (χ0v) is 37.0. The Hall–Kier alpha value is -9.39. The summed E-state index contributed by atoms with van der Waals surface area (Å²) in [5.41, 5.74) is 10.6. The average Bonchev–Trinajstić information content (AvgIpc) is 4.07. The van der Waals surface area contributed by atoms with Crippen LogP contribution in [0.5, 0.6) is 0 Å². The van der Waals surface area contributed by atoms with Crippen LogP contribution >= 0.6 is 0 Å². The Kier molecular flexibility index (Phi) is 7.97. The average molecular weight is 880 g/mol. The zero-order chi connectivity index (χ0) is 45.2. The van der Waals surface area contributed by atoms with Crippen LogP contribution in [-0.4, -0.2) is 24.1 Å². The topological polar surface area (TPSA) is 61.7 Å². The Morgan fingerprint density at radius 2 is 0.841 bits per heavy atom. The van der Waals surface area contributed by atoms with E-state index >= 15 is 0 Å². The number of rotatable bonds is 5. The maximum absolute atomic E-state index is 7.07. The van der Waals surface area contributed by atoms with E-state index in [1.165, 1.54) is 32.3 Å². The highest BCUT2D eigenvalue weighted by Crippen LogP contribution is 2.45. The van der Waals surface area contributed by atoms with Crippen LogP contribution in [0.2, 0.25) is 0 Å². The first kappa shape index (κ1) is 37.8. The van der Waals surface area contributed by atoms with E-state index in [9.17, 15) is 0 Å². The highest BCUT2D eigenvalue weighted by molar-refractivity contribution is 6.20. The van der Waals surface area contributed by atoms with Gasteiger partial charge in [0.05, 0.1) is 38.7 Å². The lowest BCUT2D eigenvalue weighted by atomic mass is 10.0. The minimum Gasteiger partial charge on any atom is -0.455 e. The van der Waals surface area contributed by atoms with E-state index in [2.05, 4.69) is 228 Å². The highest BCUT2D eigenvalue weighted by Gasteiger charge is 2.25. The zero-order valence-electron chi connectivity index (χ0n) is 37.0. The Morgan fingerprint density at radius 1 is 0.319 bits per heavy atom. The van der Waals surface area contributed by atoms with Gasteiger partial charge in [0.2, 0.25) is 0 Å². The largest absolute Gasteiger partial charge is 0.455 e. The van der Waals surface area contributed by atoms with Gasteiger partial charge in [-0.15, -0.1) is 0 Å². The van der Waals surface area contributed by atoms with E-state index in [0.29, 0.717) is 23.1 Å². The molecule has 0 aliphatic heterocycles. The Morgan fingerprint density at radius 3 is 1.57 bits per heavy atom. The fourth-order valence-electron chi connectivity index (χ4n) is 11.0. The molecule has 0 N–H and O–H groups in total. The number of furan rings is 1. The van der Waals surface area contributed by atoms with Crippen molar-refractivity contribution in [2.24, 2.45) is 0 Å². The number of benzene rings is 11. The summed E-state index contributed by atoms with van der Waals surface area (Å²) < 4.78 is 11.8. The molecule has 0 spiro atoms. The third-order valence-electron chi connectivity index (χ3n) is 14.1. The van der Waals surface area contributed by atoms with E-state index in [1.807, 2.05) is 6.07 Å². The van der Waals surface area contributed by atoms with Crippen molar-refractivity contribution in [3.8, 4) is 45.5 Å². The number of fused-ring (bicyclic) bond motifs is 12. The standard InChI is InChI=1S/C63H37N5O/c1-2-22-43(23-3-1)67-53-30-12-10-25-45(53)46-27-15-29-49(59(46)67)62-64-61(47-28-14-21-38-16-8-9-24-44(38)47)65-63(66-62)50-32-33-54(58-48-26-11-13-31-57(48)69-60(50)58)68-55-36-41-19-6-4-17-39(41)34-51(55)52-35-40-18-5-7-20-42(40)37-56(52)68/h1-37H. The minimum atomic E-state index is 0.525. The normalized spacial score (nSPS) is 12.1. The summed E-state index contributed by atoms with van der Waals surface area (Å²) in [6.07, 6.45) is 0. The second-order valence-corrected chi connectivity index (χ2v) is 17.9. The minimum absolute atomic E-state index is 0.525. The summed E-state index contributed by atoms with van der Waals surface area (Å²) in [7, 11) is 0. The van der Waals surface area contributed by atoms with Gasteiger partial charge in [0, 0.05) is 43.7 Å². The van der Waals surface area contributed by atoms with Crippen LogP contribution in [0.1, 0.15) is 0 Å². The smallest absolute Gasteiger partial charge is 0.167 e. The van der Waals surface area contributed by atoms with E-state index in [1.54, 1.807) is 0 Å². The molecule has 0 fully saturated rings.